The summed E-state index contributed by atoms with van der Waals surface area (Å²) in [7, 11) is 0. The highest BCUT2D eigenvalue weighted by Gasteiger charge is 2.30. The monoisotopic (exact) mass is 407 g/mol. The van der Waals surface area contributed by atoms with E-state index in [1.54, 1.807) is 12.3 Å². The van der Waals surface area contributed by atoms with Gasteiger partial charge in [0, 0.05) is 23.7 Å². The van der Waals surface area contributed by atoms with E-state index in [1.807, 2.05) is 6.08 Å². The molecule has 0 aromatic carbocycles. The maximum absolute atomic E-state index is 13.2. The molecule has 8 heteroatoms. The van der Waals surface area contributed by atoms with Gasteiger partial charge in [0.25, 0.3) is 0 Å². The van der Waals surface area contributed by atoms with Crippen molar-refractivity contribution < 1.29 is 14.3 Å². The Kier molecular flexibility index (Phi) is 4.69. The smallest absolute Gasteiger partial charge is 0.412 e. The van der Waals surface area contributed by atoms with Gasteiger partial charge in [0.15, 0.2) is 0 Å². The molecule has 1 aliphatic carbocycles. The second-order valence-electron chi connectivity index (χ2n) is 7.99. The number of allylic oxidation sites excluding steroid dienone is 1. The normalized spacial score (nSPS) is 22.8. The first-order valence-electron chi connectivity index (χ1n) is 10.2. The first-order valence-corrected chi connectivity index (χ1v) is 10.2. The Balaban J connectivity index is 1.51. The van der Waals surface area contributed by atoms with E-state index in [0.29, 0.717) is 30.6 Å². The molecule has 0 radical (unpaired) electrons. The molecule has 30 heavy (non-hydrogen) atoms. The lowest BCUT2D eigenvalue weighted by Gasteiger charge is -2.29. The zero-order chi connectivity index (χ0) is 20.7. The highest BCUT2D eigenvalue weighted by molar-refractivity contribution is 5.89. The number of hydrogen-bond donors (Lipinski definition) is 2. The van der Waals surface area contributed by atoms with Crippen LogP contribution in [0.15, 0.2) is 40.7 Å². The third-order valence-electron chi connectivity index (χ3n) is 6.32. The molecular formula is C22H22FN5O2. The molecular weight excluding hydrogens is 385 g/mol. The number of azo groups is 1. The molecule has 2 aromatic heterocycles. The zero-order valence-corrected chi connectivity index (χ0v) is 16.4. The molecule has 2 aromatic rings. The number of hydrogen-bond acceptors (Lipinski definition) is 4. The number of aromatic nitrogens is 2. The molecule has 0 spiro atoms. The van der Waals surface area contributed by atoms with Crippen LogP contribution in [0.25, 0.3) is 11.8 Å². The van der Waals surface area contributed by atoms with Crippen LogP contribution in [0.3, 0.4) is 0 Å². The zero-order valence-electron chi connectivity index (χ0n) is 16.4. The van der Waals surface area contributed by atoms with Gasteiger partial charge in [0.1, 0.15) is 5.82 Å². The largest absolute Gasteiger partial charge is 0.465 e. The van der Waals surface area contributed by atoms with E-state index in [0.717, 1.165) is 53.2 Å². The van der Waals surface area contributed by atoms with Gasteiger partial charge < -0.3 is 10.1 Å². The molecule has 0 saturated heterocycles. The fraction of sp³-hybridized carbons (Fsp3) is 0.364. The summed E-state index contributed by atoms with van der Waals surface area (Å²) in [5.74, 6) is 0.336. The molecule has 2 N–H and O–H groups in total. The van der Waals surface area contributed by atoms with Crippen molar-refractivity contribution in [1.29, 1.82) is 0 Å². The van der Waals surface area contributed by atoms with Gasteiger partial charge in [-0.2, -0.15) is 10.2 Å². The summed E-state index contributed by atoms with van der Waals surface area (Å²) in [5.41, 5.74) is 3.67. The fourth-order valence-electron chi connectivity index (χ4n) is 4.84. The molecule has 154 valence electrons. The molecule has 4 heterocycles. The van der Waals surface area contributed by atoms with Gasteiger partial charge in [-0.3, -0.25) is 9.88 Å². The molecule has 0 atom stereocenters. The first kappa shape index (κ1) is 18.7. The topological polar surface area (TPSA) is 93.9 Å². The molecule has 1 fully saturated rings. The lowest BCUT2D eigenvalue weighted by Crippen LogP contribution is -2.33. The number of aromatic amines is 1. The van der Waals surface area contributed by atoms with E-state index in [9.17, 15) is 14.3 Å². The summed E-state index contributed by atoms with van der Waals surface area (Å²) >= 11 is 0. The van der Waals surface area contributed by atoms with Gasteiger partial charge >= 0.3 is 6.09 Å². The van der Waals surface area contributed by atoms with Gasteiger partial charge in [-0.05, 0) is 49.3 Å². The molecule has 3 aliphatic rings. The minimum absolute atomic E-state index is 0.308. The average Bonchev–Trinajstić information content (AvgIpc) is 3.02. The molecule has 2 aliphatic heterocycles. The molecule has 5 rings (SSSR count). The summed E-state index contributed by atoms with van der Waals surface area (Å²) < 4.78 is 13.2. The second-order valence-corrected chi connectivity index (χ2v) is 7.99. The summed E-state index contributed by atoms with van der Waals surface area (Å²) in [6, 6.07) is 3.25. The maximum Gasteiger partial charge on any atom is 0.412 e. The van der Waals surface area contributed by atoms with Gasteiger partial charge in [-0.15, -0.1) is 0 Å². The summed E-state index contributed by atoms with van der Waals surface area (Å²) in [6.45, 7) is 0.680. The van der Waals surface area contributed by atoms with Crippen LogP contribution in [-0.4, -0.2) is 27.7 Å². The number of fused-ring (bicyclic) bond motifs is 3. The summed E-state index contributed by atoms with van der Waals surface area (Å²) in [6.07, 6.45) is 9.84. The Hall–Kier alpha value is -3.29. The van der Waals surface area contributed by atoms with Gasteiger partial charge in [-0.1, -0.05) is 12.2 Å². The van der Waals surface area contributed by atoms with E-state index >= 15 is 0 Å². The lowest BCUT2D eigenvalue weighted by atomic mass is 9.77. The third-order valence-corrected chi connectivity index (χ3v) is 6.32. The van der Waals surface area contributed by atoms with Crippen molar-refractivity contribution in [3.05, 3.63) is 58.3 Å². The molecule has 7 nitrogen and oxygen atoms in total. The Morgan fingerprint density at radius 2 is 2.00 bits per heavy atom. The van der Waals surface area contributed by atoms with Crippen LogP contribution in [0.5, 0.6) is 0 Å². The van der Waals surface area contributed by atoms with Crippen LogP contribution >= 0.6 is 0 Å². The number of amides is 1. The van der Waals surface area contributed by atoms with E-state index in [2.05, 4.69) is 26.3 Å². The van der Waals surface area contributed by atoms with Crippen molar-refractivity contribution in [3.8, 4) is 0 Å². The number of anilines is 1. The second kappa shape index (κ2) is 7.51. The molecule has 1 amide bonds. The minimum Gasteiger partial charge on any atom is -0.465 e. The van der Waals surface area contributed by atoms with Crippen molar-refractivity contribution in [2.45, 2.75) is 38.1 Å². The van der Waals surface area contributed by atoms with Crippen LogP contribution < -0.4 is 15.6 Å². The lowest BCUT2D eigenvalue weighted by molar-refractivity contribution is 0.202. The standard InChI is InChI=1S/C22H22FN5O2/c23-15-7-8-18(24-10-15)14-5-3-13(4-6-14)16-2-1-9-28(22(29)30)21-17-11-25-26-12-19(17)27-20(16)21/h1-2,7-8,10,12-14,27H,3-6,9,11H2,(H,29,30). The Morgan fingerprint density at radius 3 is 2.73 bits per heavy atom. The maximum atomic E-state index is 13.2. The van der Waals surface area contributed by atoms with Gasteiger partial charge in [0.05, 0.1) is 35.3 Å². The third kappa shape index (κ3) is 3.22. The summed E-state index contributed by atoms with van der Waals surface area (Å²) in [4.78, 5) is 21.0. The van der Waals surface area contributed by atoms with Crippen molar-refractivity contribution in [2.24, 2.45) is 16.1 Å². The van der Waals surface area contributed by atoms with Crippen LogP contribution in [0.1, 0.15) is 42.9 Å². The molecule has 0 bridgehead atoms. The SMILES string of the molecule is O=C(O)N1CC=CC(C2CCC(c3ccc(F)cn3)CC2)=c2[nH]c3c(c21)CN=NC=3. The fourth-order valence-corrected chi connectivity index (χ4v) is 4.84. The van der Waals surface area contributed by atoms with Crippen molar-refractivity contribution in [1.82, 2.24) is 9.97 Å². The van der Waals surface area contributed by atoms with Crippen LogP contribution in [0.2, 0.25) is 0 Å². The quantitative estimate of drug-likeness (QED) is 0.799. The highest BCUT2D eigenvalue weighted by atomic mass is 19.1. The predicted octanol–water partition coefficient (Wildman–Crippen LogP) is 3.43. The number of nitrogens with one attached hydrogen (secondary N) is 1. The highest BCUT2D eigenvalue weighted by Crippen LogP contribution is 2.39. The number of H-pyrrole nitrogens is 1. The van der Waals surface area contributed by atoms with Crippen molar-refractivity contribution >= 4 is 23.6 Å². The number of nitrogens with zero attached hydrogens (tertiary/aromatic N) is 4. The minimum atomic E-state index is -0.974. The van der Waals surface area contributed by atoms with Crippen LogP contribution in [-0.2, 0) is 6.54 Å². The number of pyridine rings is 1. The first-order chi connectivity index (χ1) is 14.6. The Bertz CT molecular complexity index is 1160. The number of halogens is 1. The van der Waals surface area contributed by atoms with E-state index in [1.165, 1.54) is 17.2 Å². The Morgan fingerprint density at radius 1 is 1.20 bits per heavy atom. The average molecular weight is 407 g/mol. The van der Waals surface area contributed by atoms with Gasteiger partial charge in [-0.25, -0.2) is 9.18 Å². The van der Waals surface area contributed by atoms with E-state index < -0.39 is 6.09 Å². The molecule has 1 saturated carbocycles. The number of carbonyl (C=O) groups is 1. The predicted molar refractivity (Wildman–Crippen MR) is 110 cm³/mol. The molecule has 0 unspecified atom stereocenters. The number of rotatable bonds is 2. The van der Waals surface area contributed by atoms with Crippen molar-refractivity contribution in [2.75, 3.05) is 11.4 Å². The van der Waals surface area contributed by atoms with Crippen LogP contribution in [0, 0.1) is 11.7 Å². The van der Waals surface area contributed by atoms with Crippen LogP contribution in [0.4, 0.5) is 14.9 Å². The van der Waals surface area contributed by atoms with E-state index in [4.69, 9.17) is 0 Å². The number of carboxylic acid groups (broad SMARTS) is 1. The van der Waals surface area contributed by atoms with E-state index in [-0.39, 0.29) is 5.82 Å². The van der Waals surface area contributed by atoms with Gasteiger partial charge in [0.2, 0.25) is 0 Å². The van der Waals surface area contributed by atoms with Crippen molar-refractivity contribution in [3.63, 3.8) is 0 Å². The summed E-state index contributed by atoms with van der Waals surface area (Å²) in [5, 5.41) is 19.5. The Labute approximate surface area is 172 Å².